The fourth-order valence-corrected chi connectivity index (χ4v) is 3.01. The van der Waals surface area contributed by atoms with E-state index in [9.17, 15) is 0 Å². The molecule has 0 fully saturated rings. The van der Waals surface area contributed by atoms with Crippen LogP contribution in [-0.2, 0) is 5.75 Å². The maximum atomic E-state index is 5.91. The first kappa shape index (κ1) is 11.4. The first-order chi connectivity index (χ1) is 7.79. The van der Waals surface area contributed by atoms with Crippen LogP contribution in [0.4, 0.5) is 5.69 Å². The molecule has 0 saturated carbocycles. The van der Waals surface area contributed by atoms with Gasteiger partial charge in [-0.25, -0.2) is 0 Å². The van der Waals surface area contributed by atoms with Crippen molar-refractivity contribution in [2.24, 2.45) is 0 Å². The number of hydrogen-bond acceptors (Lipinski definition) is 4. The third kappa shape index (κ3) is 2.71. The number of nitrogen functional groups attached to an aromatic ring is 1. The molecule has 1 aromatic heterocycles. The summed E-state index contributed by atoms with van der Waals surface area (Å²) in [6, 6.07) is 7.87. The topological polar surface area (TPSA) is 35.2 Å². The Kier molecular flexibility index (Phi) is 3.74. The van der Waals surface area contributed by atoms with E-state index in [0.29, 0.717) is 0 Å². The predicted molar refractivity (Wildman–Crippen MR) is 71.3 cm³/mol. The maximum Gasteiger partial charge on any atom is 0.120 e. The van der Waals surface area contributed by atoms with Crippen molar-refractivity contribution in [3.63, 3.8) is 0 Å². The molecule has 1 aromatic carbocycles. The number of rotatable bonds is 4. The van der Waals surface area contributed by atoms with Gasteiger partial charge < -0.3 is 10.5 Å². The number of nitrogens with two attached hydrogens (primary N) is 1. The zero-order chi connectivity index (χ0) is 11.4. The minimum Gasteiger partial charge on any atom is -0.497 e. The summed E-state index contributed by atoms with van der Waals surface area (Å²) in [5, 5.41) is 4.24. The van der Waals surface area contributed by atoms with Gasteiger partial charge in [-0.05, 0) is 40.6 Å². The number of thiophene rings is 1. The van der Waals surface area contributed by atoms with E-state index in [1.807, 2.05) is 18.2 Å². The molecule has 0 bridgehead atoms. The SMILES string of the molecule is COc1ccc(N)c(SCc2ccsc2)c1. The van der Waals surface area contributed by atoms with Crippen LogP contribution in [0.15, 0.2) is 39.9 Å². The monoisotopic (exact) mass is 251 g/mol. The van der Waals surface area contributed by atoms with Gasteiger partial charge in [0.25, 0.3) is 0 Å². The minimum atomic E-state index is 0.807. The summed E-state index contributed by atoms with van der Waals surface area (Å²) in [5.74, 6) is 1.79. The van der Waals surface area contributed by atoms with Crippen LogP contribution in [0, 0.1) is 0 Å². The molecule has 4 heteroatoms. The first-order valence-corrected chi connectivity index (χ1v) is 6.80. The molecular weight excluding hydrogens is 238 g/mol. The summed E-state index contributed by atoms with van der Waals surface area (Å²) >= 11 is 3.45. The highest BCUT2D eigenvalue weighted by molar-refractivity contribution is 7.98. The Labute approximate surface area is 103 Å². The van der Waals surface area contributed by atoms with E-state index in [1.54, 1.807) is 30.2 Å². The number of ether oxygens (including phenoxy) is 1. The molecule has 0 amide bonds. The molecule has 2 rings (SSSR count). The molecule has 0 atom stereocenters. The molecule has 0 saturated heterocycles. The van der Waals surface area contributed by atoms with E-state index in [0.717, 1.165) is 22.1 Å². The Balaban J connectivity index is 2.08. The third-order valence-corrected chi connectivity index (χ3v) is 4.07. The van der Waals surface area contributed by atoms with Crippen LogP contribution in [0.1, 0.15) is 5.56 Å². The largest absolute Gasteiger partial charge is 0.497 e. The second kappa shape index (κ2) is 5.27. The summed E-state index contributed by atoms with van der Waals surface area (Å²) in [5.41, 5.74) is 8.05. The Morgan fingerprint density at radius 3 is 2.94 bits per heavy atom. The molecule has 0 aliphatic rings. The lowest BCUT2D eigenvalue weighted by Gasteiger charge is -2.07. The maximum absolute atomic E-state index is 5.91. The molecule has 0 unspecified atom stereocenters. The van der Waals surface area contributed by atoms with Crippen molar-refractivity contribution in [2.75, 3.05) is 12.8 Å². The van der Waals surface area contributed by atoms with Crippen LogP contribution < -0.4 is 10.5 Å². The van der Waals surface area contributed by atoms with Crippen molar-refractivity contribution < 1.29 is 4.74 Å². The third-order valence-electron chi connectivity index (χ3n) is 2.20. The van der Waals surface area contributed by atoms with Crippen LogP contribution in [0.2, 0.25) is 0 Å². The molecule has 1 heterocycles. The Hall–Kier alpha value is -1.13. The van der Waals surface area contributed by atoms with Gasteiger partial charge in [0.2, 0.25) is 0 Å². The van der Waals surface area contributed by atoms with Gasteiger partial charge in [-0.2, -0.15) is 11.3 Å². The van der Waals surface area contributed by atoms with Crippen molar-refractivity contribution in [3.05, 3.63) is 40.6 Å². The molecule has 0 spiro atoms. The van der Waals surface area contributed by atoms with Crippen LogP contribution in [-0.4, -0.2) is 7.11 Å². The lowest BCUT2D eigenvalue weighted by atomic mass is 10.3. The lowest BCUT2D eigenvalue weighted by Crippen LogP contribution is -1.90. The van der Waals surface area contributed by atoms with E-state index in [-0.39, 0.29) is 0 Å². The van der Waals surface area contributed by atoms with Crippen LogP contribution >= 0.6 is 23.1 Å². The van der Waals surface area contributed by atoms with Gasteiger partial charge in [0.1, 0.15) is 5.75 Å². The smallest absolute Gasteiger partial charge is 0.120 e. The van der Waals surface area contributed by atoms with Crippen molar-refractivity contribution in [1.82, 2.24) is 0 Å². The van der Waals surface area contributed by atoms with Gasteiger partial charge in [-0.3, -0.25) is 0 Å². The molecular formula is C12H13NOS2. The molecule has 0 aliphatic carbocycles. The van der Waals surface area contributed by atoms with Gasteiger partial charge >= 0.3 is 0 Å². The zero-order valence-corrected chi connectivity index (χ0v) is 10.6. The van der Waals surface area contributed by atoms with E-state index in [1.165, 1.54) is 5.56 Å². The minimum absolute atomic E-state index is 0.807. The van der Waals surface area contributed by atoms with E-state index >= 15 is 0 Å². The number of thioether (sulfide) groups is 1. The Morgan fingerprint density at radius 2 is 2.25 bits per heavy atom. The molecule has 16 heavy (non-hydrogen) atoms. The zero-order valence-electron chi connectivity index (χ0n) is 8.97. The molecule has 0 aliphatic heterocycles. The van der Waals surface area contributed by atoms with Crippen LogP contribution in [0.3, 0.4) is 0 Å². The molecule has 0 radical (unpaired) electrons. The number of benzene rings is 1. The first-order valence-electron chi connectivity index (χ1n) is 4.87. The molecule has 2 N–H and O–H groups in total. The average molecular weight is 251 g/mol. The standard InChI is InChI=1S/C12H13NOS2/c1-14-10-2-3-11(13)12(6-10)16-8-9-4-5-15-7-9/h2-7H,8,13H2,1H3. The Morgan fingerprint density at radius 1 is 1.38 bits per heavy atom. The highest BCUT2D eigenvalue weighted by atomic mass is 32.2. The summed E-state index contributed by atoms with van der Waals surface area (Å²) in [6.45, 7) is 0. The second-order valence-corrected chi connectivity index (χ2v) is 5.12. The van der Waals surface area contributed by atoms with Crippen molar-refractivity contribution >= 4 is 28.8 Å². The highest BCUT2D eigenvalue weighted by Gasteiger charge is 2.03. The second-order valence-electron chi connectivity index (χ2n) is 3.32. The number of hydrogen-bond donors (Lipinski definition) is 1. The summed E-state index contributed by atoms with van der Waals surface area (Å²) < 4.78 is 5.18. The van der Waals surface area contributed by atoms with Crippen molar-refractivity contribution in [3.8, 4) is 5.75 Å². The van der Waals surface area contributed by atoms with Gasteiger partial charge in [-0.15, -0.1) is 11.8 Å². The number of methoxy groups -OCH3 is 1. The van der Waals surface area contributed by atoms with E-state index in [4.69, 9.17) is 10.5 Å². The fraction of sp³-hybridized carbons (Fsp3) is 0.167. The fourth-order valence-electron chi connectivity index (χ4n) is 1.30. The molecule has 2 aromatic rings. The van der Waals surface area contributed by atoms with E-state index < -0.39 is 0 Å². The van der Waals surface area contributed by atoms with Crippen LogP contribution in [0.25, 0.3) is 0 Å². The molecule has 84 valence electrons. The number of anilines is 1. The predicted octanol–water partition coefficient (Wildman–Crippen LogP) is 3.63. The quantitative estimate of drug-likeness (QED) is 0.665. The highest BCUT2D eigenvalue weighted by Crippen LogP contribution is 2.31. The van der Waals surface area contributed by atoms with Gasteiger partial charge in [0.15, 0.2) is 0 Å². The van der Waals surface area contributed by atoms with E-state index in [2.05, 4.69) is 16.8 Å². The Bertz CT molecular complexity index is 454. The molecule has 2 nitrogen and oxygen atoms in total. The summed E-state index contributed by atoms with van der Waals surface area (Å²) in [6.07, 6.45) is 0. The lowest BCUT2D eigenvalue weighted by molar-refractivity contribution is 0.414. The van der Waals surface area contributed by atoms with Crippen molar-refractivity contribution in [1.29, 1.82) is 0 Å². The summed E-state index contributed by atoms with van der Waals surface area (Å²) in [4.78, 5) is 1.07. The van der Waals surface area contributed by atoms with Crippen molar-refractivity contribution in [2.45, 2.75) is 10.6 Å². The average Bonchev–Trinajstić information content (AvgIpc) is 2.81. The van der Waals surface area contributed by atoms with Gasteiger partial charge in [0.05, 0.1) is 7.11 Å². The van der Waals surface area contributed by atoms with Crippen LogP contribution in [0.5, 0.6) is 5.75 Å². The normalized spacial score (nSPS) is 10.3. The van der Waals surface area contributed by atoms with Gasteiger partial charge in [-0.1, -0.05) is 0 Å². The summed E-state index contributed by atoms with van der Waals surface area (Å²) in [7, 11) is 1.67. The van der Waals surface area contributed by atoms with Gasteiger partial charge in [0, 0.05) is 16.3 Å².